The summed E-state index contributed by atoms with van der Waals surface area (Å²) in [6.45, 7) is 0. The molecule has 1 unspecified atom stereocenters. The van der Waals surface area contributed by atoms with Gasteiger partial charge < -0.3 is 5.32 Å². The van der Waals surface area contributed by atoms with Crippen LogP contribution in [0.15, 0.2) is 63.7 Å². The van der Waals surface area contributed by atoms with Crippen molar-refractivity contribution in [1.29, 1.82) is 0 Å². The predicted molar refractivity (Wildman–Crippen MR) is 106 cm³/mol. The van der Waals surface area contributed by atoms with Gasteiger partial charge in [0.2, 0.25) is 0 Å². The number of carbonyl (C=O) groups is 1. The lowest BCUT2D eigenvalue weighted by Crippen LogP contribution is -2.43. The molecule has 1 aromatic heterocycles. The number of rotatable bonds is 1. The summed E-state index contributed by atoms with van der Waals surface area (Å²) in [6, 6.07) is 13.2. The van der Waals surface area contributed by atoms with E-state index in [-0.39, 0.29) is 22.7 Å². The number of carbonyl (C=O) groups excluding carboxylic acids is 1. The fourth-order valence-electron chi connectivity index (χ4n) is 4.28. The first-order chi connectivity index (χ1) is 13.9. The van der Waals surface area contributed by atoms with Crippen LogP contribution in [0, 0.1) is 5.82 Å². The van der Waals surface area contributed by atoms with Crippen LogP contribution in [-0.4, -0.2) is 14.9 Å². The zero-order chi connectivity index (χ0) is 20.4. The van der Waals surface area contributed by atoms with Crippen LogP contribution in [0.2, 0.25) is 0 Å². The van der Waals surface area contributed by atoms with E-state index in [2.05, 4.69) is 5.32 Å². The number of ketones is 1. The number of hydrogen-bond acceptors (Lipinski definition) is 4. The summed E-state index contributed by atoms with van der Waals surface area (Å²) >= 11 is 0. The smallest absolute Gasteiger partial charge is 0.332 e. The fraction of sp³-hybridized carbons (Fsp3) is 0.136. The van der Waals surface area contributed by atoms with Gasteiger partial charge in [-0.25, -0.2) is 9.18 Å². The third kappa shape index (κ3) is 2.18. The number of hydrogen-bond donors (Lipinski definition) is 1. The van der Waals surface area contributed by atoms with E-state index >= 15 is 0 Å². The predicted octanol–water partition coefficient (Wildman–Crippen LogP) is 2.39. The van der Waals surface area contributed by atoms with E-state index in [1.807, 2.05) is 0 Å². The molecule has 0 amide bonds. The molecule has 0 saturated heterocycles. The van der Waals surface area contributed by atoms with Crippen LogP contribution >= 0.6 is 0 Å². The molecule has 29 heavy (non-hydrogen) atoms. The number of anilines is 1. The van der Waals surface area contributed by atoms with Crippen molar-refractivity contribution in [2.45, 2.75) is 5.92 Å². The highest BCUT2D eigenvalue weighted by Gasteiger charge is 2.43. The summed E-state index contributed by atoms with van der Waals surface area (Å²) in [5.41, 5.74) is 1.33. The van der Waals surface area contributed by atoms with Crippen LogP contribution < -0.4 is 16.6 Å². The second-order valence-electron chi connectivity index (χ2n) is 7.21. The third-order valence-corrected chi connectivity index (χ3v) is 5.69. The normalized spacial score (nSPS) is 16.9. The number of aromatic nitrogens is 2. The van der Waals surface area contributed by atoms with Gasteiger partial charge in [0.25, 0.3) is 5.56 Å². The highest BCUT2D eigenvalue weighted by Crippen LogP contribution is 2.48. The third-order valence-electron chi connectivity index (χ3n) is 5.69. The number of Topliss-reactive ketones (excluding diaryl/α,β-unsaturated/α-hetero) is 1. The highest BCUT2D eigenvalue weighted by atomic mass is 19.1. The second kappa shape index (κ2) is 5.88. The molecular weight excluding hydrogens is 373 g/mol. The van der Waals surface area contributed by atoms with E-state index in [1.54, 1.807) is 49.5 Å². The Labute approximate surface area is 164 Å². The minimum absolute atomic E-state index is 0.180. The first-order valence-electron chi connectivity index (χ1n) is 9.11. The lowest BCUT2D eigenvalue weighted by Gasteiger charge is -2.29. The number of nitrogens with one attached hydrogen (secondary N) is 1. The second-order valence-corrected chi connectivity index (χ2v) is 7.21. The van der Waals surface area contributed by atoms with E-state index in [0.29, 0.717) is 22.4 Å². The van der Waals surface area contributed by atoms with Crippen LogP contribution in [0.3, 0.4) is 0 Å². The quantitative estimate of drug-likeness (QED) is 0.694. The van der Waals surface area contributed by atoms with Gasteiger partial charge in [-0.3, -0.25) is 18.7 Å². The maximum absolute atomic E-state index is 14.9. The molecule has 0 radical (unpaired) electrons. The summed E-state index contributed by atoms with van der Waals surface area (Å²) in [5.74, 6) is -1.42. The monoisotopic (exact) mass is 389 g/mol. The van der Waals surface area contributed by atoms with Gasteiger partial charge in [0.1, 0.15) is 11.6 Å². The van der Waals surface area contributed by atoms with E-state index in [9.17, 15) is 18.8 Å². The summed E-state index contributed by atoms with van der Waals surface area (Å²) in [7, 11) is 2.92. The molecule has 2 aromatic carbocycles. The standard InChI is InChI=1S/C22H16FN3O3/c1-25-20-17(21(28)26(2)22(25)29)15(13-9-5-6-10-14(13)23)16-18(24-20)11-7-3-4-8-12(11)19(16)27/h3-10,15,24H,1-2H3. The first kappa shape index (κ1) is 17.4. The molecule has 2 heterocycles. The molecule has 1 aliphatic carbocycles. The average molecular weight is 389 g/mol. The maximum atomic E-state index is 14.9. The Morgan fingerprint density at radius 1 is 0.897 bits per heavy atom. The average Bonchev–Trinajstić information content (AvgIpc) is 3.02. The minimum atomic E-state index is -0.923. The molecule has 2 aliphatic rings. The van der Waals surface area contributed by atoms with E-state index in [1.165, 1.54) is 17.7 Å². The minimum Gasteiger partial charge on any atom is -0.340 e. The van der Waals surface area contributed by atoms with Crippen molar-refractivity contribution in [2.24, 2.45) is 14.1 Å². The van der Waals surface area contributed by atoms with Crippen LogP contribution in [-0.2, 0) is 14.1 Å². The fourth-order valence-corrected chi connectivity index (χ4v) is 4.28. The van der Waals surface area contributed by atoms with Crippen LogP contribution in [0.4, 0.5) is 10.2 Å². The number of halogens is 1. The lowest BCUT2D eigenvalue weighted by atomic mass is 9.81. The van der Waals surface area contributed by atoms with Gasteiger partial charge in [0.15, 0.2) is 5.78 Å². The molecule has 0 bridgehead atoms. The van der Waals surface area contributed by atoms with Crippen molar-refractivity contribution in [3.63, 3.8) is 0 Å². The Morgan fingerprint density at radius 2 is 1.55 bits per heavy atom. The zero-order valence-electron chi connectivity index (χ0n) is 15.7. The Bertz CT molecular complexity index is 1380. The van der Waals surface area contributed by atoms with Crippen molar-refractivity contribution in [3.8, 4) is 0 Å². The Balaban J connectivity index is 1.92. The van der Waals surface area contributed by atoms with Gasteiger partial charge in [0, 0.05) is 36.4 Å². The summed E-state index contributed by atoms with van der Waals surface area (Å²) in [4.78, 5) is 38.9. The van der Waals surface area contributed by atoms with Crippen LogP contribution in [0.25, 0.3) is 5.70 Å². The lowest BCUT2D eigenvalue weighted by molar-refractivity contribution is 0.103. The summed E-state index contributed by atoms with van der Waals surface area (Å²) < 4.78 is 17.2. The van der Waals surface area contributed by atoms with Crippen molar-refractivity contribution in [2.75, 3.05) is 5.32 Å². The number of benzene rings is 2. The Hall–Kier alpha value is -3.74. The van der Waals surface area contributed by atoms with Gasteiger partial charge in [-0.1, -0.05) is 42.5 Å². The molecule has 1 atom stereocenters. The highest BCUT2D eigenvalue weighted by molar-refractivity contribution is 6.23. The molecule has 0 spiro atoms. The molecule has 1 aliphatic heterocycles. The summed E-state index contributed by atoms with van der Waals surface area (Å²) in [6.07, 6.45) is 0. The molecule has 6 nitrogen and oxygen atoms in total. The van der Waals surface area contributed by atoms with Gasteiger partial charge >= 0.3 is 5.69 Å². The van der Waals surface area contributed by atoms with Crippen molar-refractivity contribution >= 4 is 17.3 Å². The number of allylic oxidation sites excluding steroid dienone is 1. The van der Waals surface area contributed by atoms with E-state index in [4.69, 9.17) is 0 Å². The summed E-state index contributed by atoms with van der Waals surface area (Å²) in [5, 5.41) is 3.13. The molecule has 5 rings (SSSR count). The van der Waals surface area contributed by atoms with E-state index < -0.39 is 23.0 Å². The Kier molecular flexibility index (Phi) is 3.52. The number of fused-ring (bicyclic) bond motifs is 3. The SMILES string of the molecule is Cn1c2c(c(=O)n(C)c1=O)C(c1ccccc1F)C1=C(N2)c2ccccc2C1=O. The van der Waals surface area contributed by atoms with Crippen molar-refractivity contribution in [3.05, 3.63) is 103 Å². The molecule has 0 saturated carbocycles. The molecular formula is C22H16FN3O3. The van der Waals surface area contributed by atoms with Gasteiger partial charge in [-0.05, 0) is 6.07 Å². The van der Waals surface area contributed by atoms with Gasteiger partial charge in [-0.15, -0.1) is 0 Å². The molecule has 0 fully saturated rings. The zero-order valence-corrected chi connectivity index (χ0v) is 15.7. The molecule has 7 heteroatoms. The topological polar surface area (TPSA) is 73.1 Å². The molecule has 3 aromatic rings. The molecule has 144 valence electrons. The van der Waals surface area contributed by atoms with Crippen LogP contribution in [0.1, 0.15) is 33.0 Å². The Morgan fingerprint density at radius 3 is 2.28 bits per heavy atom. The first-order valence-corrected chi connectivity index (χ1v) is 9.11. The van der Waals surface area contributed by atoms with Gasteiger partial charge in [0.05, 0.1) is 17.2 Å². The number of nitrogens with zero attached hydrogens (tertiary/aromatic N) is 2. The van der Waals surface area contributed by atoms with Crippen molar-refractivity contribution in [1.82, 2.24) is 9.13 Å². The molecule has 1 N–H and O–H groups in total. The largest absolute Gasteiger partial charge is 0.340 e. The van der Waals surface area contributed by atoms with Gasteiger partial charge in [-0.2, -0.15) is 0 Å². The van der Waals surface area contributed by atoms with E-state index in [0.717, 1.165) is 4.57 Å². The van der Waals surface area contributed by atoms with Crippen molar-refractivity contribution < 1.29 is 9.18 Å². The maximum Gasteiger partial charge on any atom is 0.332 e. The van der Waals surface area contributed by atoms with Crippen LogP contribution in [0.5, 0.6) is 0 Å².